The van der Waals surface area contributed by atoms with E-state index in [1.54, 1.807) is 6.20 Å². The molecule has 2 saturated heterocycles. The minimum atomic E-state index is -0.376. The summed E-state index contributed by atoms with van der Waals surface area (Å²) in [5.41, 5.74) is 0.524. The van der Waals surface area contributed by atoms with Crippen molar-refractivity contribution in [3.05, 3.63) is 17.8 Å². The topological polar surface area (TPSA) is 60.5 Å². The van der Waals surface area contributed by atoms with Crippen molar-refractivity contribution in [1.29, 1.82) is 0 Å². The van der Waals surface area contributed by atoms with E-state index in [4.69, 9.17) is 9.47 Å². The first-order valence-corrected chi connectivity index (χ1v) is 7.12. The number of carbonyl (C=O) groups excluding carboxylic acids is 1. The minimum Gasteiger partial charge on any atom is -0.493 e. The molecule has 1 amide bonds. The highest BCUT2D eigenvalue weighted by atomic mass is 16.5. The minimum absolute atomic E-state index is 0.0273. The number of aromatic nitrogens is 1. The summed E-state index contributed by atoms with van der Waals surface area (Å²) in [6.45, 7) is 4.73. The molecule has 1 unspecified atom stereocenters. The van der Waals surface area contributed by atoms with E-state index in [0.717, 1.165) is 30.6 Å². The molecular formula is C15H18N2O3. The second kappa shape index (κ2) is 3.73. The van der Waals surface area contributed by atoms with Crippen molar-refractivity contribution in [3.8, 4) is 5.75 Å². The molecule has 3 fully saturated rings. The van der Waals surface area contributed by atoms with Gasteiger partial charge in [-0.3, -0.25) is 4.79 Å². The lowest BCUT2D eigenvalue weighted by Crippen LogP contribution is -2.51. The number of hydrogen-bond acceptors (Lipinski definition) is 4. The summed E-state index contributed by atoms with van der Waals surface area (Å²) >= 11 is 0. The van der Waals surface area contributed by atoms with Crippen LogP contribution in [0.1, 0.15) is 32.3 Å². The van der Waals surface area contributed by atoms with E-state index >= 15 is 0 Å². The quantitative estimate of drug-likeness (QED) is 0.895. The fourth-order valence-corrected chi connectivity index (χ4v) is 3.99. The molecule has 4 aliphatic rings. The number of amides is 1. The Balaban J connectivity index is 1.59. The van der Waals surface area contributed by atoms with Crippen molar-refractivity contribution in [2.75, 3.05) is 11.9 Å². The number of anilines is 1. The van der Waals surface area contributed by atoms with Crippen molar-refractivity contribution < 1.29 is 14.3 Å². The molecule has 1 saturated carbocycles. The van der Waals surface area contributed by atoms with Crippen molar-refractivity contribution in [3.63, 3.8) is 0 Å². The van der Waals surface area contributed by atoms with Gasteiger partial charge in [-0.15, -0.1) is 0 Å². The van der Waals surface area contributed by atoms with Gasteiger partial charge in [-0.1, -0.05) is 0 Å². The number of nitrogens with zero attached hydrogens (tertiary/aromatic N) is 1. The Morgan fingerprint density at radius 2 is 2.30 bits per heavy atom. The molecule has 106 valence electrons. The van der Waals surface area contributed by atoms with Crippen LogP contribution in [-0.2, 0) is 16.0 Å². The molecule has 20 heavy (non-hydrogen) atoms. The zero-order valence-electron chi connectivity index (χ0n) is 11.7. The second-order valence-corrected chi connectivity index (χ2v) is 6.41. The summed E-state index contributed by atoms with van der Waals surface area (Å²) < 4.78 is 11.4. The molecule has 1 atom stereocenters. The lowest BCUT2D eigenvalue weighted by Gasteiger charge is -2.41. The van der Waals surface area contributed by atoms with Gasteiger partial charge < -0.3 is 14.8 Å². The first-order valence-electron chi connectivity index (χ1n) is 7.12. The molecule has 5 rings (SSSR count). The third kappa shape index (κ3) is 1.47. The first-order chi connectivity index (χ1) is 9.52. The van der Waals surface area contributed by atoms with Crippen molar-refractivity contribution in [1.82, 2.24) is 4.98 Å². The van der Waals surface area contributed by atoms with E-state index in [-0.39, 0.29) is 23.0 Å². The molecule has 0 spiro atoms. The van der Waals surface area contributed by atoms with Crippen LogP contribution in [-0.4, -0.2) is 29.2 Å². The Kier molecular flexibility index (Phi) is 2.26. The molecule has 1 aliphatic carbocycles. The van der Waals surface area contributed by atoms with Crippen LogP contribution in [0.5, 0.6) is 5.75 Å². The van der Waals surface area contributed by atoms with Crippen molar-refractivity contribution in [2.24, 2.45) is 5.41 Å². The fourth-order valence-electron chi connectivity index (χ4n) is 3.99. The highest BCUT2D eigenvalue weighted by molar-refractivity contribution is 5.97. The van der Waals surface area contributed by atoms with E-state index in [2.05, 4.69) is 17.2 Å². The van der Waals surface area contributed by atoms with Gasteiger partial charge >= 0.3 is 0 Å². The molecule has 1 aromatic heterocycles. The lowest BCUT2D eigenvalue weighted by molar-refractivity contribution is -0.130. The number of rotatable bonds is 2. The van der Waals surface area contributed by atoms with E-state index in [0.29, 0.717) is 12.4 Å². The molecule has 4 heterocycles. The zero-order chi connectivity index (χ0) is 14.0. The highest BCUT2D eigenvalue weighted by Crippen LogP contribution is 2.61. The smallest absolute Gasteiger partial charge is 0.234 e. The van der Waals surface area contributed by atoms with Crippen molar-refractivity contribution >= 4 is 11.7 Å². The first kappa shape index (κ1) is 12.1. The lowest BCUT2D eigenvalue weighted by atomic mass is 9.60. The van der Waals surface area contributed by atoms with Crippen LogP contribution in [0.2, 0.25) is 0 Å². The number of ether oxygens (including phenoxy) is 2. The third-order valence-electron chi connectivity index (χ3n) is 4.92. The van der Waals surface area contributed by atoms with Crippen LogP contribution in [0.3, 0.4) is 0 Å². The predicted molar refractivity (Wildman–Crippen MR) is 72.7 cm³/mol. The summed E-state index contributed by atoms with van der Waals surface area (Å²) in [5, 5.41) is 3.00. The summed E-state index contributed by atoms with van der Waals surface area (Å²) in [5.74, 6) is 1.52. The van der Waals surface area contributed by atoms with Gasteiger partial charge in [0.1, 0.15) is 11.6 Å². The number of pyridine rings is 1. The van der Waals surface area contributed by atoms with Crippen LogP contribution in [0.15, 0.2) is 12.3 Å². The maximum atomic E-state index is 12.7. The standard InChI is InChI=1S/C15H18N2O3/c1-9-15(7-14(2,8-15)20-9)13(18)17-12-10-4-6-19-11(10)3-5-16-12/h3,5,9H,4,6-8H2,1-2H3,(H,16,17,18). The molecule has 1 aromatic rings. The molecule has 0 radical (unpaired) electrons. The Labute approximate surface area is 117 Å². The summed E-state index contributed by atoms with van der Waals surface area (Å²) in [6, 6.07) is 1.85. The highest BCUT2D eigenvalue weighted by Gasteiger charge is 2.67. The molecule has 2 bridgehead atoms. The predicted octanol–water partition coefficient (Wildman–Crippen LogP) is 1.91. The van der Waals surface area contributed by atoms with Crippen LogP contribution in [0.4, 0.5) is 5.82 Å². The Bertz CT molecular complexity index is 593. The van der Waals surface area contributed by atoms with Gasteiger partial charge in [-0.2, -0.15) is 0 Å². The number of nitrogens with one attached hydrogen (secondary N) is 1. The van der Waals surface area contributed by atoms with E-state index < -0.39 is 0 Å². The summed E-state index contributed by atoms with van der Waals surface area (Å²) in [7, 11) is 0. The molecule has 5 heteroatoms. The van der Waals surface area contributed by atoms with Gasteiger partial charge in [0.15, 0.2) is 0 Å². The number of hydrogen-bond donors (Lipinski definition) is 1. The third-order valence-corrected chi connectivity index (χ3v) is 4.92. The van der Waals surface area contributed by atoms with E-state index in [1.807, 2.05) is 13.0 Å². The summed E-state index contributed by atoms with van der Waals surface area (Å²) in [6.07, 6.45) is 4.06. The summed E-state index contributed by atoms with van der Waals surface area (Å²) in [4.78, 5) is 17.0. The second-order valence-electron chi connectivity index (χ2n) is 6.41. The zero-order valence-corrected chi connectivity index (χ0v) is 11.7. The van der Waals surface area contributed by atoms with Gasteiger partial charge in [0.25, 0.3) is 0 Å². The molecule has 1 N–H and O–H groups in total. The largest absolute Gasteiger partial charge is 0.493 e. The normalized spacial score (nSPS) is 37.0. The molecule has 5 nitrogen and oxygen atoms in total. The van der Waals surface area contributed by atoms with Crippen LogP contribution in [0.25, 0.3) is 0 Å². The van der Waals surface area contributed by atoms with Crippen LogP contribution in [0, 0.1) is 5.41 Å². The Morgan fingerprint density at radius 3 is 3.00 bits per heavy atom. The van der Waals surface area contributed by atoms with Gasteiger partial charge in [-0.25, -0.2) is 4.98 Å². The Morgan fingerprint density at radius 1 is 1.50 bits per heavy atom. The number of fused-ring (bicyclic) bond motifs is 2. The van der Waals surface area contributed by atoms with E-state index in [9.17, 15) is 4.79 Å². The van der Waals surface area contributed by atoms with Gasteiger partial charge in [-0.05, 0) is 32.8 Å². The molecular weight excluding hydrogens is 256 g/mol. The maximum absolute atomic E-state index is 12.7. The maximum Gasteiger partial charge on any atom is 0.234 e. The van der Waals surface area contributed by atoms with E-state index in [1.165, 1.54) is 0 Å². The van der Waals surface area contributed by atoms with Gasteiger partial charge in [0, 0.05) is 18.2 Å². The Hall–Kier alpha value is -1.62. The van der Waals surface area contributed by atoms with Crippen LogP contribution < -0.4 is 10.1 Å². The molecule has 0 aromatic carbocycles. The van der Waals surface area contributed by atoms with Gasteiger partial charge in [0.2, 0.25) is 5.91 Å². The monoisotopic (exact) mass is 274 g/mol. The number of carbonyl (C=O) groups is 1. The SMILES string of the molecule is CC1OC2(C)CC1(C(=O)Nc1nccc3c1CCO3)C2. The van der Waals surface area contributed by atoms with Crippen molar-refractivity contribution in [2.45, 2.75) is 44.8 Å². The average molecular weight is 274 g/mol. The average Bonchev–Trinajstić information content (AvgIpc) is 2.99. The fraction of sp³-hybridized carbons (Fsp3) is 0.600. The van der Waals surface area contributed by atoms with Crippen LogP contribution >= 0.6 is 0 Å². The molecule has 3 aliphatic heterocycles. The van der Waals surface area contributed by atoms with Gasteiger partial charge in [0.05, 0.1) is 23.7 Å².